The minimum atomic E-state index is -0.660. The zero-order valence-electron chi connectivity index (χ0n) is 15.9. The zero-order valence-corrected chi connectivity index (χ0v) is 15.9. The van der Waals surface area contributed by atoms with Gasteiger partial charge in [0, 0.05) is 6.42 Å². The molecular weight excluding hydrogens is 316 g/mol. The van der Waals surface area contributed by atoms with E-state index in [1.165, 1.54) is 6.39 Å². The average molecular weight is 346 g/mol. The second kappa shape index (κ2) is 9.99. The first kappa shape index (κ1) is 20.9. The van der Waals surface area contributed by atoms with Crippen molar-refractivity contribution in [3.8, 4) is 0 Å². The molecule has 0 fully saturated rings. The minimum absolute atomic E-state index is 0.0844. The Balaban J connectivity index is 2.72. The average Bonchev–Trinajstić information content (AvgIpc) is 3.03. The van der Waals surface area contributed by atoms with Crippen LogP contribution in [0.4, 0.5) is 0 Å². The van der Waals surface area contributed by atoms with Gasteiger partial charge in [0.15, 0.2) is 6.39 Å². The lowest BCUT2D eigenvalue weighted by molar-refractivity contribution is -0.123. The predicted molar refractivity (Wildman–Crippen MR) is 99.8 cm³/mol. The second-order valence-corrected chi connectivity index (χ2v) is 6.78. The summed E-state index contributed by atoms with van der Waals surface area (Å²) in [6.07, 6.45) is 14.5. The fourth-order valence-electron chi connectivity index (χ4n) is 2.18. The minimum Gasteiger partial charge on any atom is -0.448 e. The number of carbonyl (C=O) groups is 1. The van der Waals surface area contributed by atoms with Crippen molar-refractivity contribution >= 4 is 5.91 Å². The highest BCUT2D eigenvalue weighted by molar-refractivity contribution is 5.82. The van der Waals surface area contributed by atoms with Crippen LogP contribution in [0.2, 0.25) is 0 Å². The van der Waals surface area contributed by atoms with Gasteiger partial charge in [0.1, 0.15) is 5.76 Å². The number of oxazole rings is 1. The fraction of sp³-hybridized carbons (Fsp3) is 0.500. The lowest BCUT2D eigenvalue weighted by Gasteiger charge is -2.17. The Bertz CT molecular complexity index is 613. The van der Waals surface area contributed by atoms with Crippen molar-refractivity contribution in [2.24, 2.45) is 11.1 Å². The Labute approximate surface area is 150 Å². The quantitative estimate of drug-likeness (QED) is 0.650. The number of rotatable bonds is 10. The molecule has 138 valence electrons. The van der Waals surface area contributed by atoms with Crippen LogP contribution in [0.15, 0.2) is 53.0 Å². The Kier molecular flexibility index (Phi) is 8.35. The van der Waals surface area contributed by atoms with Gasteiger partial charge in [-0.25, -0.2) is 4.98 Å². The molecule has 1 heterocycles. The smallest absolute Gasteiger partial charge is 0.226 e. The van der Waals surface area contributed by atoms with E-state index in [2.05, 4.69) is 18.8 Å². The summed E-state index contributed by atoms with van der Waals surface area (Å²) in [5.74, 6) is 0.450. The van der Waals surface area contributed by atoms with Gasteiger partial charge in [0.2, 0.25) is 5.91 Å². The van der Waals surface area contributed by atoms with Crippen LogP contribution in [-0.4, -0.2) is 23.1 Å². The maximum atomic E-state index is 11.4. The van der Waals surface area contributed by atoms with Crippen LogP contribution in [0.3, 0.4) is 0 Å². The number of amides is 1. The van der Waals surface area contributed by atoms with Crippen LogP contribution in [-0.2, 0) is 16.0 Å². The number of allylic oxidation sites excluding steroid dienone is 4. The largest absolute Gasteiger partial charge is 0.448 e. The molecule has 2 N–H and O–H groups in total. The second-order valence-electron chi connectivity index (χ2n) is 6.78. The van der Waals surface area contributed by atoms with Gasteiger partial charge < -0.3 is 14.9 Å². The summed E-state index contributed by atoms with van der Waals surface area (Å²) in [5.41, 5.74) is 5.70. The first-order chi connectivity index (χ1) is 11.7. The summed E-state index contributed by atoms with van der Waals surface area (Å²) < 4.78 is 11.3. The maximum absolute atomic E-state index is 11.4. The van der Waals surface area contributed by atoms with Crippen molar-refractivity contribution in [1.82, 2.24) is 4.98 Å². The number of nitrogens with two attached hydrogens (primary N) is 1. The molecule has 2 atom stereocenters. The molecule has 0 saturated heterocycles. The Morgan fingerprint density at radius 3 is 2.72 bits per heavy atom. The van der Waals surface area contributed by atoms with Gasteiger partial charge in [-0.2, -0.15) is 0 Å². The van der Waals surface area contributed by atoms with Crippen molar-refractivity contribution in [2.45, 2.75) is 59.7 Å². The number of hydrogen-bond donors (Lipinski definition) is 1. The molecule has 2 unspecified atom stereocenters. The van der Waals surface area contributed by atoms with E-state index >= 15 is 0 Å². The number of hydrogen-bond acceptors (Lipinski definition) is 4. The molecule has 1 aromatic heterocycles. The third-order valence-corrected chi connectivity index (χ3v) is 3.89. The van der Waals surface area contributed by atoms with Crippen LogP contribution >= 0.6 is 0 Å². The molecule has 0 aliphatic rings. The van der Waals surface area contributed by atoms with Crippen molar-refractivity contribution < 1.29 is 13.9 Å². The number of carbonyl (C=O) groups excluding carboxylic acids is 1. The molecule has 5 heteroatoms. The van der Waals surface area contributed by atoms with E-state index in [9.17, 15) is 4.79 Å². The van der Waals surface area contributed by atoms with Crippen LogP contribution in [0.25, 0.3) is 0 Å². The first-order valence-corrected chi connectivity index (χ1v) is 8.61. The molecule has 25 heavy (non-hydrogen) atoms. The van der Waals surface area contributed by atoms with Crippen molar-refractivity contribution in [1.29, 1.82) is 0 Å². The van der Waals surface area contributed by atoms with Gasteiger partial charge in [-0.15, -0.1) is 0 Å². The Morgan fingerprint density at radius 2 is 2.16 bits per heavy atom. The molecule has 1 aromatic rings. The predicted octanol–water partition coefficient (Wildman–Crippen LogP) is 3.97. The molecule has 1 rings (SSSR count). The summed E-state index contributed by atoms with van der Waals surface area (Å²) in [4.78, 5) is 15.3. The molecule has 0 saturated carbocycles. The van der Waals surface area contributed by atoms with Crippen molar-refractivity contribution in [3.05, 3.63) is 54.3 Å². The van der Waals surface area contributed by atoms with Crippen LogP contribution in [0, 0.1) is 5.41 Å². The molecule has 0 spiro atoms. The van der Waals surface area contributed by atoms with Gasteiger partial charge in [-0.1, -0.05) is 42.9 Å². The summed E-state index contributed by atoms with van der Waals surface area (Å²) in [5, 5.41) is 0. The molecule has 5 nitrogen and oxygen atoms in total. The van der Waals surface area contributed by atoms with E-state index < -0.39 is 5.41 Å². The topological polar surface area (TPSA) is 78.4 Å². The van der Waals surface area contributed by atoms with Gasteiger partial charge in [0.25, 0.3) is 0 Å². The summed E-state index contributed by atoms with van der Waals surface area (Å²) >= 11 is 0. The van der Waals surface area contributed by atoms with Gasteiger partial charge >= 0.3 is 0 Å². The van der Waals surface area contributed by atoms with E-state index in [1.807, 2.05) is 37.3 Å². The summed E-state index contributed by atoms with van der Waals surface area (Å²) in [6, 6.07) is 0. The molecule has 0 aliphatic carbocycles. The van der Waals surface area contributed by atoms with Crippen LogP contribution in [0.1, 0.15) is 46.8 Å². The maximum Gasteiger partial charge on any atom is 0.226 e. The highest BCUT2D eigenvalue weighted by atomic mass is 16.5. The lowest BCUT2D eigenvalue weighted by Crippen LogP contribution is -2.29. The molecule has 0 aliphatic heterocycles. The van der Waals surface area contributed by atoms with Gasteiger partial charge in [-0.3, -0.25) is 4.79 Å². The molecule has 0 bridgehead atoms. The van der Waals surface area contributed by atoms with Gasteiger partial charge in [-0.05, 0) is 34.1 Å². The highest BCUT2D eigenvalue weighted by Gasteiger charge is 2.21. The van der Waals surface area contributed by atoms with Crippen LogP contribution in [0.5, 0.6) is 0 Å². The van der Waals surface area contributed by atoms with Crippen molar-refractivity contribution in [3.63, 3.8) is 0 Å². The SMILES string of the molecule is CCC(C)OC(/C=C/C=C/C(C)=C/C(C)(C)C(N)=O)Cc1cnco1. The van der Waals surface area contributed by atoms with E-state index in [0.717, 1.165) is 17.8 Å². The standard InChI is InChI=1S/C20H30N2O3/c1-6-16(3)25-17(11-18-13-22-14-24-18)10-8-7-9-15(2)12-20(4,5)19(21)23/h7-10,12-14,16-17H,6,11H2,1-5H3,(H2,21,23)/b9-7+,10-8+,15-12+. The molecule has 0 radical (unpaired) electrons. The van der Waals surface area contributed by atoms with Crippen LogP contribution < -0.4 is 5.73 Å². The third kappa shape index (κ3) is 7.98. The Morgan fingerprint density at radius 1 is 1.44 bits per heavy atom. The number of nitrogens with zero attached hydrogens (tertiary/aromatic N) is 1. The normalized spacial score (nSPS) is 15.8. The Hall–Kier alpha value is -2.14. The third-order valence-electron chi connectivity index (χ3n) is 3.89. The highest BCUT2D eigenvalue weighted by Crippen LogP contribution is 2.19. The summed E-state index contributed by atoms with van der Waals surface area (Å²) in [7, 11) is 0. The zero-order chi connectivity index (χ0) is 18.9. The fourth-order valence-corrected chi connectivity index (χ4v) is 2.18. The molecule has 0 aromatic carbocycles. The van der Waals surface area contributed by atoms with Crippen molar-refractivity contribution in [2.75, 3.05) is 0 Å². The number of ether oxygens (including phenoxy) is 1. The first-order valence-electron chi connectivity index (χ1n) is 8.61. The molecular formula is C20H30N2O3. The van der Waals surface area contributed by atoms with E-state index in [1.54, 1.807) is 20.0 Å². The molecule has 1 amide bonds. The summed E-state index contributed by atoms with van der Waals surface area (Å²) in [6.45, 7) is 9.69. The lowest BCUT2D eigenvalue weighted by atomic mass is 9.90. The van der Waals surface area contributed by atoms with E-state index in [4.69, 9.17) is 14.9 Å². The number of primary amides is 1. The monoisotopic (exact) mass is 346 g/mol. The van der Waals surface area contributed by atoms with Gasteiger partial charge in [0.05, 0.1) is 23.8 Å². The van der Waals surface area contributed by atoms with E-state index in [0.29, 0.717) is 6.42 Å². The van der Waals surface area contributed by atoms with E-state index in [-0.39, 0.29) is 18.1 Å². The number of aromatic nitrogens is 1.